The van der Waals surface area contributed by atoms with Crippen LogP contribution >= 0.6 is 11.8 Å². The van der Waals surface area contributed by atoms with Gasteiger partial charge in [-0.2, -0.15) is 0 Å². The fourth-order valence-electron chi connectivity index (χ4n) is 1.22. The first-order chi connectivity index (χ1) is 7.33. The summed E-state index contributed by atoms with van der Waals surface area (Å²) in [6.07, 6.45) is -0.635. The average Bonchev–Trinajstić information content (AvgIpc) is 2.60. The molecule has 0 aromatic carbocycles. The fraction of sp³-hybridized carbons (Fsp3) is 0.778. The standard InChI is InChI=1S/C9H16N2O4S/c1-9(2,6(10)7(12)13)16-4-5-3-11-8(14)15-5/h5-6H,3-4,10H2,1-2H3,(H,11,14)(H,12,13)/t5?,6-/m1/s1. The van der Waals surface area contributed by atoms with E-state index in [2.05, 4.69) is 5.32 Å². The Kier molecular flexibility index (Phi) is 4.03. The highest BCUT2D eigenvalue weighted by Crippen LogP contribution is 2.28. The van der Waals surface area contributed by atoms with Crippen LogP contribution in [0.15, 0.2) is 0 Å². The minimum absolute atomic E-state index is 0.210. The van der Waals surface area contributed by atoms with Crippen molar-refractivity contribution in [1.82, 2.24) is 5.32 Å². The summed E-state index contributed by atoms with van der Waals surface area (Å²) < 4.78 is 4.34. The molecule has 1 rings (SSSR count). The van der Waals surface area contributed by atoms with Crippen molar-refractivity contribution in [3.05, 3.63) is 0 Å². The average molecular weight is 248 g/mol. The summed E-state index contributed by atoms with van der Waals surface area (Å²) in [7, 11) is 0. The molecule has 0 aromatic heterocycles. The largest absolute Gasteiger partial charge is 0.480 e. The topological polar surface area (TPSA) is 102 Å². The zero-order valence-corrected chi connectivity index (χ0v) is 10.0. The monoisotopic (exact) mass is 248 g/mol. The van der Waals surface area contributed by atoms with Crippen LogP contribution in [0, 0.1) is 0 Å². The highest BCUT2D eigenvalue weighted by Gasteiger charge is 2.34. The van der Waals surface area contributed by atoms with Crippen LogP contribution in [0.1, 0.15) is 13.8 Å². The molecule has 7 heteroatoms. The Bertz CT molecular complexity index is 295. The first-order valence-corrected chi connectivity index (χ1v) is 5.88. The SMILES string of the molecule is CC(C)(SCC1CNC(=O)O1)[C@H](N)C(=O)O. The van der Waals surface area contributed by atoms with Crippen molar-refractivity contribution in [2.24, 2.45) is 5.73 Å². The van der Waals surface area contributed by atoms with Crippen molar-refractivity contribution in [3.8, 4) is 0 Å². The van der Waals surface area contributed by atoms with Gasteiger partial charge in [0.15, 0.2) is 0 Å². The smallest absolute Gasteiger partial charge is 0.407 e. The number of cyclic esters (lactones) is 1. The molecule has 0 aliphatic carbocycles. The molecule has 1 fully saturated rings. The quantitative estimate of drug-likeness (QED) is 0.634. The third kappa shape index (κ3) is 3.28. The Labute approximate surface area is 97.9 Å². The summed E-state index contributed by atoms with van der Waals surface area (Å²) in [4.78, 5) is 21.5. The molecule has 16 heavy (non-hydrogen) atoms. The number of nitrogens with two attached hydrogens (primary N) is 1. The van der Waals surface area contributed by atoms with Crippen LogP contribution in [0.25, 0.3) is 0 Å². The van der Waals surface area contributed by atoms with Gasteiger partial charge in [0.1, 0.15) is 12.1 Å². The van der Waals surface area contributed by atoms with Crippen molar-refractivity contribution in [1.29, 1.82) is 0 Å². The minimum atomic E-state index is -1.03. The van der Waals surface area contributed by atoms with Crippen LogP contribution < -0.4 is 11.1 Å². The molecule has 0 aromatic rings. The van der Waals surface area contributed by atoms with Crippen molar-refractivity contribution in [3.63, 3.8) is 0 Å². The van der Waals surface area contributed by atoms with E-state index < -0.39 is 22.9 Å². The van der Waals surface area contributed by atoms with E-state index in [0.717, 1.165) is 0 Å². The predicted molar refractivity (Wildman–Crippen MR) is 60.4 cm³/mol. The van der Waals surface area contributed by atoms with Crippen molar-refractivity contribution >= 4 is 23.8 Å². The summed E-state index contributed by atoms with van der Waals surface area (Å²) >= 11 is 1.39. The van der Waals surface area contributed by atoms with E-state index in [0.29, 0.717) is 12.3 Å². The van der Waals surface area contributed by atoms with Gasteiger partial charge in [0, 0.05) is 10.5 Å². The number of ether oxygens (including phenoxy) is 1. The molecule has 1 aliphatic heterocycles. The molecule has 0 bridgehead atoms. The van der Waals surface area contributed by atoms with Crippen LogP contribution in [0.4, 0.5) is 4.79 Å². The van der Waals surface area contributed by atoms with Crippen LogP contribution in [-0.4, -0.2) is 46.4 Å². The van der Waals surface area contributed by atoms with Crippen LogP contribution in [0.3, 0.4) is 0 Å². The Balaban J connectivity index is 2.41. The number of carbonyl (C=O) groups is 2. The summed E-state index contributed by atoms with van der Waals surface area (Å²) in [5, 5.41) is 11.4. The maximum atomic E-state index is 10.8. The van der Waals surface area contributed by atoms with Gasteiger partial charge in [0.2, 0.25) is 0 Å². The molecule has 1 aliphatic rings. The highest BCUT2D eigenvalue weighted by atomic mass is 32.2. The molecular formula is C9H16N2O4S. The second kappa shape index (κ2) is 4.92. The summed E-state index contributed by atoms with van der Waals surface area (Å²) in [5.41, 5.74) is 5.56. The normalized spacial score (nSPS) is 22.4. The number of rotatable bonds is 5. The summed E-state index contributed by atoms with van der Waals surface area (Å²) in [6, 6.07) is -0.942. The van der Waals surface area contributed by atoms with Gasteiger partial charge in [-0.15, -0.1) is 11.8 Å². The molecule has 0 radical (unpaired) electrons. The van der Waals surface area contributed by atoms with Crippen LogP contribution in [0.5, 0.6) is 0 Å². The van der Waals surface area contributed by atoms with Gasteiger partial charge >= 0.3 is 12.1 Å². The van der Waals surface area contributed by atoms with E-state index in [-0.39, 0.29) is 6.10 Å². The van der Waals surface area contributed by atoms with Crippen LogP contribution in [0.2, 0.25) is 0 Å². The first kappa shape index (κ1) is 13.1. The number of carbonyl (C=O) groups excluding carboxylic acids is 1. The lowest BCUT2D eigenvalue weighted by molar-refractivity contribution is -0.139. The second-order valence-electron chi connectivity index (χ2n) is 4.14. The lowest BCUT2D eigenvalue weighted by atomic mass is 10.1. The number of nitrogens with one attached hydrogen (secondary N) is 1. The van der Waals surface area contributed by atoms with E-state index >= 15 is 0 Å². The number of carboxylic acids is 1. The second-order valence-corrected chi connectivity index (χ2v) is 5.81. The zero-order valence-electron chi connectivity index (χ0n) is 9.23. The van der Waals surface area contributed by atoms with Gasteiger partial charge in [-0.05, 0) is 13.8 Å². The third-order valence-corrected chi connectivity index (χ3v) is 3.94. The number of amides is 1. The Morgan fingerprint density at radius 2 is 2.44 bits per heavy atom. The lowest BCUT2D eigenvalue weighted by Gasteiger charge is -2.28. The van der Waals surface area contributed by atoms with E-state index in [1.807, 2.05) is 0 Å². The van der Waals surface area contributed by atoms with Crippen molar-refractivity contribution < 1.29 is 19.4 Å². The molecule has 1 heterocycles. The predicted octanol–water partition coefficient (Wildman–Crippen LogP) is 0.0185. The van der Waals surface area contributed by atoms with E-state index in [1.165, 1.54) is 11.8 Å². The Morgan fingerprint density at radius 1 is 1.81 bits per heavy atom. The van der Waals surface area contributed by atoms with Crippen molar-refractivity contribution in [2.75, 3.05) is 12.3 Å². The first-order valence-electron chi connectivity index (χ1n) is 4.90. The molecule has 1 unspecified atom stereocenters. The number of carboxylic acid groups (broad SMARTS) is 1. The molecular weight excluding hydrogens is 232 g/mol. The maximum Gasteiger partial charge on any atom is 0.407 e. The molecule has 1 saturated heterocycles. The zero-order chi connectivity index (χ0) is 12.3. The van der Waals surface area contributed by atoms with Gasteiger partial charge in [-0.25, -0.2) is 4.79 Å². The number of hydrogen-bond donors (Lipinski definition) is 3. The molecule has 0 saturated carbocycles. The molecule has 2 atom stereocenters. The summed E-state index contributed by atoms with van der Waals surface area (Å²) in [5.74, 6) is -0.494. The molecule has 4 N–H and O–H groups in total. The number of thioether (sulfide) groups is 1. The Morgan fingerprint density at radius 3 is 2.88 bits per heavy atom. The van der Waals surface area contributed by atoms with Gasteiger partial charge in [-0.3, -0.25) is 4.79 Å². The van der Waals surface area contributed by atoms with Gasteiger partial charge < -0.3 is 20.9 Å². The van der Waals surface area contributed by atoms with Gasteiger partial charge in [-0.1, -0.05) is 0 Å². The van der Waals surface area contributed by atoms with E-state index in [9.17, 15) is 9.59 Å². The molecule has 6 nitrogen and oxygen atoms in total. The number of aliphatic carboxylic acids is 1. The minimum Gasteiger partial charge on any atom is -0.480 e. The lowest BCUT2D eigenvalue weighted by Crippen LogP contribution is -2.47. The number of hydrogen-bond acceptors (Lipinski definition) is 5. The van der Waals surface area contributed by atoms with E-state index in [4.69, 9.17) is 15.6 Å². The third-order valence-electron chi connectivity index (χ3n) is 2.40. The van der Waals surface area contributed by atoms with E-state index in [1.54, 1.807) is 13.8 Å². The van der Waals surface area contributed by atoms with Gasteiger partial charge in [0.25, 0.3) is 0 Å². The van der Waals surface area contributed by atoms with Gasteiger partial charge in [0.05, 0.1) is 6.54 Å². The highest BCUT2D eigenvalue weighted by molar-refractivity contribution is 8.00. The number of alkyl carbamates (subject to hydrolysis) is 1. The van der Waals surface area contributed by atoms with Crippen molar-refractivity contribution in [2.45, 2.75) is 30.7 Å². The fourth-order valence-corrected chi connectivity index (χ4v) is 2.30. The molecule has 1 amide bonds. The molecule has 0 spiro atoms. The maximum absolute atomic E-state index is 10.8. The Hall–Kier alpha value is -0.950. The molecule has 92 valence electrons. The van der Waals surface area contributed by atoms with Crippen LogP contribution in [-0.2, 0) is 9.53 Å². The summed E-state index contributed by atoms with van der Waals surface area (Å²) in [6.45, 7) is 3.99.